The maximum Gasteiger partial charge on any atom is 1.00 e. The van der Waals surface area contributed by atoms with E-state index >= 15 is 0 Å². The molecule has 2 unspecified atom stereocenters. The summed E-state index contributed by atoms with van der Waals surface area (Å²) in [6.07, 6.45) is 8.29. The van der Waals surface area contributed by atoms with Crippen LogP contribution in [-0.2, 0) is 9.59 Å². The fourth-order valence-corrected chi connectivity index (χ4v) is 2.47. The maximum atomic E-state index is 10.9. The molecule has 0 saturated heterocycles. The van der Waals surface area contributed by atoms with Crippen LogP contribution in [0.5, 0.6) is 0 Å². The molecule has 0 spiro atoms. The van der Waals surface area contributed by atoms with Crippen molar-refractivity contribution in [3.8, 4) is 0 Å². The Kier molecular flexibility index (Phi) is 15.3. The first-order chi connectivity index (χ1) is 7.85. The summed E-state index contributed by atoms with van der Waals surface area (Å²) in [5.74, 6) is 0.312. The summed E-state index contributed by atoms with van der Waals surface area (Å²) >= 11 is 0. The van der Waals surface area contributed by atoms with E-state index in [4.69, 9.17) is 0 Å². The Morgan fingerprint density at radius 3 is 1.95 bits per heavy atom. The van der Waals surface area contributed by atoms with Crippen LogP contribution in [0, 0.1) is 5.92 Å². The van der Waals surface area contributed by atoms with Crippen LogP contribution >= 0.6 is 0 Å². The Morgan fingerprint density at radius 2 is 1.45 bits per heavy atom. The normalized spacial score (nSPS) is 20.0. The summed E-state index contributed by atoms with van der Waals surface area (Å²) in [4.78, 5) is 21.3. The van der Waals surface area contributed by atoms with Crippen molar-refractivity contribution in [3.63, 3.8) is 0 Å². The van der Waals surface area contributed by atoms with E-state index in [1.807, 2.05) is 18.4 Å². The van der Waals surface area contributed by atoms with E-state index in [2.05, 4.69) is 6.29 Å². The van der Waals surface area contributed by atoms with Crippen LogP contribution in [0.2, 0.25) is 0 Å². The monoisotopic (exact) mass is 262 g/mol. The predicted octanol–water partition coefficient (Wildman–Crippen LogP) is -3.82. The second kappa shape index (κ2) is 12.4. The molecular formula is C14H16Li2O4-2. The topological polar surface area (TPSA) is 94.1 Å². The van der Waals surface area contributed by atoms with E-state index in [9.17, 15) is 9.59 Å². The van der Waals surface area contributed by atoms with Crippen molar-refractivity contribution in [3.05, 3.63) is 35.4 Å². The van der Waals surface area contributed by atoms with Crippen LogP contribution in [0.4, 0.5) is 0 Å². The molecule has 0 aliphatic heterocycles. The predicted molar refractivity (Wildman–Crippen MR) is 65.5 cm³/mol. The van der Waals surface area contributed by atoms with Crippen molar-refractivity contribution in [2.24, 2.45) is 5.92 Å². The number of hydrogen-bond acceptors (Lipinski definition) is 4. The molecule has 0 aromatic heterocycles. The average Bonchev–Trinajstić information content (AvgIpc) is 2.39. The van der Waals surface area contributed by atoms with E-state index in [-0.39, 0.29) is 60.5 Å². The number of carbonyl (C=O) groups excluding carboxylic acids is 2. The molecule has 1 fully saturated rings. The molecule has 6 heteroatoms. The van der Waals surface area contributed by atoms with E-state index in [1.165, 1.54) is 6.42 Å². The molecule has 1 saturated carbocycles. The molecule has 1 aromatic carbocycles. The van der Waals surface area contributed by atoms with Crippen LogP contribution in [-0.4, -0.2) is 23.5 Å². The second-order valence-electron chi connectivity index (χ2n) is 4.34. The van der Waals surface area contributed by atoms with Gasteiger partial charge in [0.2, 0.25) is 0 Å². The quantitative estimate of drug-likeness (QED) is 0.412. The number of benzene rings is 1. The van der Waals surface area contributed by atoms with Gasteiger partial charge in [0.25, 0.3) is 0 Å². The van der Waals surface area contributed by atoms with Crippen LogP contribution < -0.4 is 37.7 Å². The van der Waals surface area contributed by atoms with Crippen LogP contribution in [0.25, 0.3) is 0 Å². The molecule has 2 rings (SSSR count). The molecule has 20 heavy (non-hydrogen) atoms. The van der Waals surface area contributed by atoms with Gasteiger partial charge >= 0.3 is 37.7 Å². The van der Waals surface area contributed by atoms with E-state index in [1.54, 1.807) is 12.1 Å². The van der Waals surface area contributed by atoms with Gasteiger partial charge in [-0.3, -0.25) is 6.29 Å². The Hall–Kier alpha value is -0.325. The Bertz CT molecular complexity index is 381. The van der Waals surface area contributed by atoms with Gasteiger partial charge < -0.3 is 20.5 Å². The molecule has 2 atom stereocenters. The summed E-state index contributed by atoms with van der Waals surface area (Å²) in [6.45, 7) is 0. The minimum Gasteiger partial charge on any atom is -0.870 e. The van der Waals surface area contributed by atoms with Crippen molar-refractivity contribution in [2.75, 3.05) is 0 Å². The molecule has 2 N–H and O–H groups in total. The van der Waals surface area contributed by atoms with Gasteiger partial charge in [-0.25, -0.2) is 0 Å². The first-order valence-corrected chi connectivity index (χ1v) is 5.71. The molecular weight excluding hydrogens is 246 g/mol. The van der Waals surface area contributed by atoms with E-state index < -0.39 is 0 Å². The van der Waals surface area contributed by atoms with Crippen LogP contribution in [0.15, 0.2) is 24.3 Å². The van der Waals surface area contributed by atoms with Gasteiger partial charge in [0.05, 0.1) is 6.29 Å². The summed E-state index contributed by atoms with van der Waals surface area (Å²) in [6, 6.07) is 7.39. The summed E-state index contributed by atoms with van der Waals surface area (Å²) in [5.41, 5.74) is 1.71. The maximum absolute atomic E-state index is 10.9. The molecule has 0 bridgehead atoms. The van der Waals surface area contributed by atoms with Gasteiger partial charge in [0, 0.05) is 0 Å². The fraction of sp³-hybridized carbons (Fsp3) is 0.429. The van der Waals surface area contributed by atoms with Crippen LogP contribution in [0.1, 0.15) is 42.7 Å². The molecule has 4 nitrogen and oxygen atoms in total. The SMILES string of the molecule is O=[C-]c1ccc(C2CCCCC2[C-]=O)cc1.[Li+].[Li+].[OH-].[OH-]. The molecule has 100 valence electrons. The minimum absolute atomic E-state index is 0. The van der Waals surface area contributed by atoms with Crippen molar-refractivity contribution in [2.45, 2.75) is 31.6 Å². The molecule has 0 heterocycles. The van der Waals surface area contributed by atoms with Crippen molar-refractivity contribution >= 4 is 12.6 Å². The van der Waals surface area contributed by atoms with Crippen molar-refractivity contribution in [1.82, 2.24) is 0 Å². The summed E-state index contributed by atoms with van der Waals surface area (Å²) < 4.78 is 0. The van der Waals surface area contributed by atoms with E-state index in [0.717, 1.165) is 24.8 Å². The smallest absolute Gasteiger partial charge is 0.870 e. The largest absolute Gasteiger partial charge is 1.00 e. The summed E-state index contributed by atoms with van der Waals surface area (Å²) in [7, 11) is 0. The molecule has 0 radical (unpaired) electrons. The van der Waals surface area contributed by atoms with Crippen molar-refractivity contribution < 1.29 is 58.3 Å². The zero-order chi connectivity index (χ0) is 11.4. The average molecular weight is 262 g/mol. The zero-order valence-corrected chi connectivity index (χ0v) is 12.0. The Balaban J connectivity index is -0.000000722. The second-order valence-corrected chi connectivity index (χ2v) is 4.34. The third-order valence-electron chi connectivity index (χ3n) is 3.37. The minimum atomic E-state index is 0. The van der Waals surface area contributed by atoms with E-state index in [0.29, 0.717) is 5.56 Å². The van der Waals surface area contributed by atoms with Gasteiger partial charge in [-0.2, -0.15) is 17.7 Å². The standard InChI is InChI=1S/C14H14O2.2Li.2H2O/c15-9-11-5-7-12(8-6-11)14-4-2-1-3-13(14)10-16;;;;/h5-8,13-14H,1-4H2;;;2*1H2/q-2;2*+1;;/p-2. The molecule has 1 aliphatic rings. The molecule has 1 aromatic rings. The van der Waals surface area contributed by atoms with Gasteiger partial charge in [0.1, 0.15) is 0 Å². The molecule has 0 amide bonds. The third-order valence-corrected chi connectivity index (χ3v) is 3.37. The van der Waals surface area contributed by atoms with Gasteiger partial charge in [-0.15, -0.1) is 18.1 Å². The fourth-order valence-electron chi connectivity index (χ4n) is 2.47. The van der Waals surface area contributed by atoms with Crippen molar-refractivity contribution in [1.29, 1.82) is 0 Å². The summed E-state index contributed by atoms with van der Waals surface area (Å²) in [5, 5.41) is 0. The molecule has 1 aliphatic carbocycles. The number of hydrogen-bond donors (Lipinski definition) is 0. The first-order valence-electron chi connectivity index (χ1n) is 5.71. The van der Waals surface area contributed by atoms with Crippen LogP contribution in [0.3, 0.4) is 0 Å². The van der Waals surface area contributed by atoms with Gasteiger partial charge in [-0.05, 0) is 12.3 Å². The van der Waals surface area contributed by atoms with Gasteiger partial charge in [0.15, 0.2) is 0 Å². The first kappa shape index (κ1) is 24.7. The zero-order valence-electron chi connectivity index (χ0n) is 12.0. The Labute approximate surface area is 143 Å². The Morgan fingerprint density at radius 1 is 0.900 bits per heavy atom. The number of rotatable bonds is 3. The third kappa shape index (κ3) is 5.98. The van der Waals surface area contributed by atoms with Gasteiger partial charge in [-0.1, -0.05) is 24.8 Å².